The van der Waals surface area contributed by atoms with Crippen molar-refractivity contribution in [1.29, 1.82) is 0 Å². The van der Waals surface area contributed by atoms with Crippen LogP contribution in [0, 0.1) is 5.82 Å². The smallest absolute Gasteiger partial charge is 0.348 e. The minimum absolute atomic E-state index is 0.0358. The van der Waals surface area contributed by atoms with Crippen LogP contribution in [0.25, 0.3) is 17.1 Å². The molecule has 2 aromatic heterocycles. The summed E-state index contributed by atoms with van der Waals surface area (Å²) < 4.78 is 55.2. The molecule has 0 fully saturated rings. The summed E-state index contributed by atoms with van der Waals surface area (Å²) in [5, 5.41) is 11.7. The number of rotatable bonds is 8. The molecule has 0 aliphatic heterocycles. The summed E-state index contributed by atoms with van der Waals surface area (Å²) in [5.74, 6) is 0.121. The first kappa shape index (κ1) is 27.1. The van der Waals surface area contributed by atoms with Gasteiger partial charge in [-0.05, 0) is 59.7 Å². The molecule has 0 bridgehead atoms. The van der Waals surface area contributed by atoms with Crippen LogP contribution in [0.4, 0.5) is 17.6 Å². The minimum Gasteiger partial charge on any atom is -0.348 e. The van der Waals surface area contributed by atoms with Crippen molar-refractivity contribution in [2.45, 2.75) is 23.6 Å². The van der Waals surface area contributed by atoms with Gasteiger partial charge in [0.25, 0.3) is 5.91 Å². The Labute approximate surface area is 231 Å². The maximum Gasteiger partial charge on any atom is 0.416 e. The van der Waals surface area contributed by atoms with Crippen molar-refractivity contribution in [2.75, 3.05) is 0 Å². The third-order valence-corrected chi connectivity index (χ3v) is 6.96. The number of alkyl halides is 3. The number of halogens is 4. The molecule has 0 aliphatic carbocycles. The number of hydrogen-bond acceptors (Lipinski definition) is 5. The summed E-state index contributed by atoms with van der Waals surface area (Å²) in [6, 6.07) is 21.6. The number of carbonyl (C=O) groups is 1. The van der Waals surface area contributed by atoms with Crippen molar-refractivity contribution in [1.82, 2.24) is 25.1 Å². The lowest BCUT2D eigenvalue weighted by molar-refractivity contribution is -0.137. The minimum atomic E-state index is -4.45. The first-order valence-corrected chi connectivity index (χ1v) is 13.0. The number of nitrogens with one attached hydrogen (secondary N) is 1. The fourth-order valence-electron chi connectivity index (χ4n) is 3.94. The Morgan fingerprint density at radius 2 is 1.62 bits per heavy atom. The number of pyridine rings is 1. The van der Waals surface area contributed by atoms with Crippen molar-refractivity contribution in [2.24, 2.45) is 0 Å². The largest absolute Gasteiger partial charge is 0.416 e. The second kappa shape index (κ2) is 11.7. The highest BCUT2D eigenvalue weighted by Crippen LogP contribution is 2.31. The maximum absolute atomic E-state index is 14.8. The lowest BCUT2D eigenvalue weighted by Crippen LogP contribution is -2.23. The number of para-hydroxylation sites is 1. The van der Waals surface area contributed by atoms with E-state index < -0.39 is 23.5 Å². The molecule has 0 atom stereocenters. The topological polar surface area (TPSA) is 72.7 Å². The van der Waals surface area contributed by atoms with Gasteiger partial charge in [0.1, 0.15) is 5.82 Å². The molecule has 0 radical (unpaired) electrons. The molecule has 202 valence electrons. The van der Waals surface area contributed by atoms with Crippen LogP contribution in [-0.2, 0) is 18.5 Å². The number of hydrogen-bond donors (Lipinski definition) is 1. The van der Waals surface area contributed by atoms with Crippen LogP contribution in [-0.4, -0.2) is 25.7 Å². The first-order chi connectivity index (χ1) is 19.3. The molecule has 0 unspecified atom stereocenters. The lowest BCUT2D eigenvalue weighted by Gasteiger charge is -2.11. The molecule has 5 aromatic rings. The summed E-state index contributed by atoms with van der Waals surface area (Å²) in [4.78, 5) is 16.6. The van der Waals surface area contributed by atoms with E-state index in [4.69, 9.17) is 0 Å². The van der Waals surface area contributed by atoms with Crippen LogP contribution in [0.2, 0.25) is 0 Å². The number of nitrogens with zero attached hydrogens (tertiary/aromatic N) is 4. The van der Waals surface area contributed by atoms with Crippen LogP contribution < -0.4 is 5.32 Å². The van der Waals surface area contributed by atoms with E-state index in [0.29, 0.717) is 33.5 Å². The lowest BCUT2D eigenvalue weighted by atomic mass is 10.1. The number of benzene rings is 3. The molecular weight excluding hydrogens is 542 g/mol. The summed E-state index contributed by atoms with van der Waals surface area (Å²) in [6.07, 6.45) is -1.20. The Kier molecular flexibility index (Phi) is 7.92. The Hall–Kier alpha value is -4.51. The number of aromatic nitrogens is 4. The highest BCUT2D eigenvalue weighted by Gasteiger charge is 2.30. The average molecular weight is 564 g/mol. The predicted octanol–water partition coefficient (Wildman–Crippen LogP) is 6.71. The molecule has 3 aromatic carbocycles. The second-order valence-electron chi connectivity index (χ2n) is 8.70. The molecule has 0 saturated heterocycles. The van der Waals surface area contributed by atoms with Gasteiger partial charge >= 0.3 is 6.18 Å². The van der Waals surface area contributed by atoms with E-state index in [9.17, 15) is 22.4 Å². The summed E-state index contributed by atoms with van der Waals surface area (Å²) in [7, 11) is 0. The van der Waals surface area contributed by atoms with Crippen molar-refractivity contribution >= 4 is 17.7 Å². The Morgan fingerprint density at radius 3 is 2.35 bits per heavy atom. The van der Waals surface area contributed by atoms with Gasteiger partial charge < -0.3 is 5.32 Å². The van der Waals surface area contributed by atoms with Crippen LogP contribution in [0.15, 0.2) is 102 Å². The van der Waals surface area contributed by atoms with E-state index in [2.05, 4.69) is 20.5 Å². The zero-order chi connectivity index (χ0) is 28.1. The maximum atomic E-state index is 14.8. The Morgan fingerprint density at radius 1 is 0.875 bits per heavy atom. The molecule has 40 heavy (non-hydrogen) atoms. The number of thioether (sulfide) groups is 1. The predicted molar refractivity (Wildman–Crippen MR) is 143 cm³/mol. The molecule has 0 saturated carbocycles. The summed E-state index contributed by atoms with van der Waals surface area (Å²) in [5.41, 5.74) is 1.89. The standard InChI is InChI=1S/C29H21F4N5OS/c30-24-6-1-2-7-25(24)38-26(21-12-14-34-15-13-21)36-37-28(38)40-18-19-8-10-22(11-9-19)27(39)35-17-20-4-3-5-23(16-20)29(31,32)33/h1-16H,17-18H2,(H,35,39). The Balaban J connectivity index is 1.27. The molecule has 0 aliphatic rings. The third-order valence-electron chi connectivity index (χ3n) is 5.96. The van der Waals surface area contributed by atoms with E-state index in [1.807, 2.05) is 0 Å². The van der Waals surface area contributed by atoms with Crippen molar-refractivity contribution < 1.29 is 22.4 Å². The molecule has 6 nitrogen and oxygen atoms in total. The first-order valence-electron chi connectivity index (χ1n) is 12.1. The van der Waals surface area contributed by atoms with Gasteiger partial charge in [0, 0.05) is 35.8 Å². The SMILES string of the molecule is O=C(NCc1cccc(C(F)(F)F)c1)c1ccc(CSc2nnc(-c3ccncc3)n2-c2ccccc2F)cc1. The third kappa shape index (κ3) is 6.20. The van der Waals surface area contributed by atoms with E-state index in [1.165, 1.54) is 30.0 Å². The zero-order valence-electron chi connectivity index (χ0n) is 20.8. The number of carbonyl (C=O) groups excluding carboxylic acids is 1. The van der Waals surface area contributed by atoms with Gasteiger partial charge in [-0.3, -0.25) is 14.3 Å². The molecular formula is C29H21F4N5OS. The summed E-state index contributed by atoms with van der Waals surface area (Å²) in [6.45, 7) is -0.0358. The van der Waals surface area contributed by atoms with Gasteiger partial charge in [-0.25, -0.2) is 4.39 Å². The van der Waals surface area contributed by atoms with E-state index in [0.717, 1.165) is 23.3 Å². The van der Waals surface area contributed by atoms with Gasteiger partial charge in [0.15, 0.2) is 11.0 Å². The van der Waals surface area contributed by atoms with Gasteiger partial charge in [0.2, 0.25) is 0 Å². The Bertz CT molecular complexity index is 1620. The van der Waals surface area contributed by atoms with Crippen LogP contribution in [0.5, 0.6) is 0 Å². The van der Waals surface area contributed by atoms with Crippen molar-refractivity contribution in [3.05, 3.63) is 125 Å². The van der Waals surface area contributed by atoms with E-state index in [-0.39, 0.29) is 6.54 Å². The fourth-order valence-corrected chi connectivity index (χ4v) is 4.84. The highest BCUT2D eigenvalue weighted by atomic mass is 32.2. The zero-order valence-corrected chi connectivity index (χ0v) is 21.6. The van der Waals surface area contributed by atoms with E-state index >= 15 is 0 Å². The summed E-state index contributed by atoms with van der Waals surface area (Å²) >= 11 is 1.36. The molecule has 0 spiro atoms. The molecule has 5 rings (SSSR count). The van der Waals surface area contributed by atoms with Crippen LogP contribution >= 0.6 is 11.8 Å². The van der Waals surface area contributed by atoms with Crippen LogP contribution in [0.1, 0.15) is 27.0 Å². The second-order valence-corrected chi connectivity index (χ2v) is 9.64. The number of amides is 1. The van der Waals surface area contributed by atoms with Gasteiger partial charge in [-0.15, -0.1) is 10.2 Å². The molecule has 2 heterocycles. The van der Waals surface area contributed by atoms with Crippen LogP contribution in [0.3, 0.4) is 0 Å². The highest BCUT2D eigenvalue weighted by molar-refractivity contribution is 7.98. The molecule has 11 heteroatoms. The van der Waals surface area contributed by atoms with Gasteiger partial charge in [-0.1, -0.05) is 48.2 Å². The quantitative estimate of drug-likeness (QED) is 0.168. The van der Waals surface area contributed by atoms with E-state index in [1.54, 1.807) is 71.6 Å². The van der Waals surface area contributed by atoms with Crippen molar-refractivity contribution in [3.8, 4) is 17.1 Å². The van der Waals surface area contributed by atoms with Crippen molar-refractivity contribution in [3.63, 3.8) is 0 Å². The average Bonchev–Trinajstić information content (AvgIpc) is 3.39. The fraction of sp³-hybridized carbons (Fsp3) is 0.103. The molecule has 1 amide bonds. The molecule has 1 N–H and O–H groups in total. The van der Waals surface area contributed by atoms with Gasteiger partial charge in [0.05, 0.1) is 11.3 Å². The monoisotopic (exact) mass is 563 g/mol. The normalized spacial score (nSPS) is 11.4. The van der Waals surface area contributed by atoms with Gasteiger partial charge in [-0.2, -0.15) is 13.2 Å².